The van der Waals surface area contributed by atoms with Gasteiger partial charge in [0.1, 0.15) is 5.75 Å². The van der Waals surface area contributed by atoms with Gasteiger partial charge >= 0.3 is 5.97 Å². The number of nitrogens with one attached hydrogen (secondary N) is 1. The molecule has 0 heterocycles. The first kappa shape index (κ1) is 14.6. The van der Waals surface area contributed by atoms with E-state index in [-0.39, 0.29) is 11.5 Å². The number of amides is 1. The highest BCUT2D eigenvalue weighted by molar-refractivity contribution is 5.90. The van der Waals surface area contributed by atoms with Crippen LogP contribution in [0.5, 0.6) is 5.75 Å². The molecule has 0 aliphatic rings. The van der Waals surface area contributed by atoms with E-state index in [1.165, 1.54) is 6.92 Å². The van der Waals surface area contributed by atoms with Gasteiger partial charge in [-0.2, -0.15) is 0 Å². The molecule has 0 fully saturated rings. The van der Waals surface area contributed by atoms with Crippen molar-refractivity contribution >= 4 is 17.6 Å². The lowest BCUT2D eigenvalue weighted by molar-refractivity contribution is -0.114. The highest BCUT2D eigenvalue weighted by Gasteiger charge is 2.09. The largest absolute Gasteiger partial charge is 0.496 e. The molecule has 108 valence electrons. The number of ether oxygens (including phenoxy) is 1. The number of hydrogen-bond acceptors (Lipinski definition) is 3. The molecular formula is C16H15NO4. The molecule has 2 aromatic rings. The Morgan fingerprint density at radius 2 is 1.76 bits per heavy atom. The third-order valence-electron chi connectivity index (χ3n) is 2.96. The van der Waals surface area contributed by atoms with E-state index in [1.807, 2.05) is 6.07 Å². The van der Waals surface area contributed by atoms with E-state index in [4.69, 9.17) is 9.84 Å². The average Bonchev–Trinajstić information content (AvgIpc) is 2.46. The molecule has 1 amide bonds. The summed E-state index contributed by atoms with van der Waals surface area (Å²) in [4.78, 5) is 21.9. The first-order valence-electron chi connectivity index (χ1n) is 6.30. The molecule has 0 saturated heterocycles. The summed E-state index contributed by atoms with van der Waals surface area (Å²) < 4.78 is 5.33. The minimum atomic E-state index is -0.963. The summed E-state index contributed by atoms with van der Waals surface area (Å²) in [7, 11) is 1.54. The van der Waals surface area contributed by atoms with E-state index in [0.29, 0.717) is 11.4 Å². The molecule has 0 atom stereocenters. The van der Waals surface area contributed by atoms with Crippen LogP contribution in [0.2, 0.25) is 0 Å². The summed E-state index contributed by atoms with van der Waals surface area (Å²) in [6, 6.07) is 11.8. The van der Waals surface area contributed by atoms with Gasteiger partial charge in [-0.1, -0.05) is 12.1 Å². The molecule has 0 aromatic heterocycles. The summed E-state index contributed by atoms with van der Waals surface area (Å²) in [5, 5.41) is 11.6. The van der Waals surface area contributed by atoms with Crippen molar-refractivity contribution in [3.63, 3.8) is 0 Å². The Morgan fingerprint density at radius 3 is 2.29 bits per heavy atom. The number of benzene rings is 2. The number of carbonyl (C=O) groups excluding carboxylic acids is 1. The van der Waals surface area contributed by atoms with Crippen LogP contribution in [0.15, 0.2) is 42.5 Å². The Hall–Kier alpha value is -2.82. The van der Waals surface area contributed by atoms with Crippen LogP contribution in [0.3, 0.4) is 0 Å². The van der Waals surface area contributed by atoms with Crippen molar-refractivity contribution in [3.05, 3.63) is 48.0 Å². The fourth-order valence-electron chi connectivity index (χ4n) is 2.00. The smallest absolute Gasteiger partial charge is 0.335 e. The van der Waals surface area contributed by atoms with Crippen molar-refractivity contribution in [2.24, 2.45) is 0 Å². The van der Waals surface area contributed by atoms with Gasteiger partial charge in [-0.05, 0) is 29.8 Å². The summed E-state index contributed by atoms with van der Waals surface area (Å²) in [5.41, 5.74) is 2.53. The SMILES string of the molecule is COc1cc(NC(C)=O)ccc1-c1ccc(C(=O)O)cc1. The number of carbonyl (C=O) groups is 2. The lowest BCUT2D eigenvalue weighted by atomic mass is 10.0. The lowest BCUT2D eigenvalue weighted by Gasteiger charge is -2.11. The zero-order valence-electron chi connectivity index (χ0n) is 11.7. The topological polar surface area (TPSA) is 75.6 Å². The quantitative estimate of drug-likeness (QED) is 0.905. The summed E-state index contributed by atoms with van der Waals surface area (Å²) in [6.45, 7) is 1.44. The van der Waals surface area contributed by atoms with Crippen LogP contribution in [0.4, 0.5) is 5.69 Å². The molecule has 2 aromatic carbocycles. The zero-order valence-corrected chi connectivity index (χ0v) is 11.7. The second kappa shape index (κ2) is 6.09. The van der Waals surface area contributed by atoms with Crippen LogP contribution in [-0.2, 0) is 4.79 Å². The molecule has 5 nitrogen and oxygen atoms in total. The van der Waals surface area contributed by atoms with E-state index < -0.39 is 5.97 Å². The van der Waals surface area contributed by atoms with Gasteiger partial charge in [0.2, 0.25) is 5.91 Å². The number of anilines is 1. The third kappa shape index (κ3) is 3.39. The number of aromatic carboxylic acids is 1. The van der Waals surface area contributed by atoms with E-state index >= 15 is 0 Å². The predicted octanol–water partition coefficient (Wildman–Crippen LogP) is 3.02. The fraction of sp³-hybridized carbons (Fsp3) is 0.125. The van der Waals surface area contributed by atoms with Gasteiger partial charge in [0, 0.05) is 24.2 Å². The van der Waals surface area contributed by atoms with Gasteiger partial charge in [0.05, 0.1) is 12.7 Å². The first-order valence-corrected chi connectivity index (χ1v) is 6.30. The van der Waals surface area contributed by atoms with E-state index in [2.05, 4.69) is 5.32 Å². The maximum absolute atomic E-state index is 11.1. The molecule has 2 rings (SSSR count). The van der Waals surface area contributed by atoms with Gasteiger partial charge < -0.3 is 15.2 Å². The van der Waals surface area contributed by atoms with Crippen molar-refractivity contribution in [3.8, 4) is 16.9 Å². The summed E-state index contributed by atoms with van der Waals surface area (Å²) in [6.07, 6.45) is 0. The maximum Gasteiger partial charge on any atom is 0.335 e. The van der Waals surface area contributed by atoms with Gasteiger partial charge in [0.25, 0.3) is 0 Å². The number of methoxy groups -OCH3 is 1. The highest BCUT2D eigenvalue weighted by Crippen LogP contribution is 2.32. The maximum atomic E-state index is 11.1. The van der Waals surface area contributed by atoms with Crippen molar-refractivity contribution in [2.75, 3.05) is 12.4 Å². The monoisotopic (exact) mass is 285 g/mol. The van der Waals surface area contributed by atoms with Crippen LogP contribution in [0, 0.1) is 0 Å². The van der Waals surface area contributed by atoms with Crippen LogP contribution >= 0.6 is 0 Å². The molecule has 0 spiro atoms. The molecule has 0 saturated carbocycles. The van der Waals surface area contributed by atoms with Crippen LogP contribution in [0.25, 0.3) is 11.1 Å². The van der Waals surface area contributed by atoms with Gasteiger partial charge in [-0.15, -0.1) is 0 Å². The standard InChI is InChI=1S/C16H15NO4/c1-10(18)17-13-7-8-14(15(9-13)21-2)11-3-5-12(6-4-11)16(19)20/h3-9H,1-2H3,(H,17,18)(H,19,20). The summed E-state index contributed by atoms with van der Waals surface area (Å²) >= 11 is 0. The molecule has 2 N–H and O–H groups in total. The Bertz CT molecular complexity index is 677. The molecule has 0 bridgehead atoms. The van der Waals surface area contributed by atoms with E-state index in [1.54, 1.807) is 43.5 Å². The molecule has 0 radical (unpaired) electrons. The number of rotatable bonds is 4. The minimum Gasteiger partial charge on any atom is -0.496 e. The Kier molecular flexibility index (Phi) is 4.23. The average molecular weight is 285 g/mol. The van der Waals surface area contributed by atoms with Gasteiger partial charge in [-0.3, -0.25) is 4.79 Å². The molecule has 5 heteroatoms. The molecule has 0 aliphatic heterocycles. The second-order valence-corrected chi connectivity index (χ2v) is 4.48. The molecule has 0 unspecified atom stereocenters. The van der Waals surface area contributed by atoms with Crippen LogP contribution in [0.1, 0.15) is 17.3 Å². The lowest BCUT2D eigenvalue weighted by Crippen LogP contribution is -2.05. The minimum absolute atomic E-state index is 0.157. The molecule has 0 aliphatic carbocycles. The van der Waals surface area contributed by atoms with Gasteiger partial charge in [0.15, 0.2) is 0 Å². The molecule has 21 heavy (non-hydrogen) atoms. The highest BCUT2D eigenvalue weighted by atomic mass is 16.5. The van der Waals surface area contributed by atoms with Crippen molar-refractivity contribution in [1.82, 2.24) is 0 Å². The van der Waals surface area contributed by atoms with Crippen LogP contribution < -0.4 is 10.1 Å². The number of carboxylic acids is 1. The Balaban J connectivity index is 2.38. The number of hydrogen-bond donors (Lipinski definition) is 2. The van der Waals surface area contributed by atoms with Crippen molar-refractivity contribution in [2.45, 2.75) is 6.92 Å². The van der Waals surface area contributed by atoms with Crippen molar-refractivity contribution in [1.29, 1.82) is 0 Å². The Morgan fingerprint density at radius 1 is 1.10 bits per heavy atom. The third-order valence-corrected chi connectivity index (χ3v) is 2.96. The van der Waals surface area contributed by atoms with Crippen molar-refractivity contribution < 1.29 is 19.4 Å². The van der Waals surface area contributed by atoms with E-state index in [9.17, 15) is 9.59 Å². The molecular weight excluding hydrogens is 270 g/mol. The Labute approximate surface area is 122 Å². The normalized spacial score (nSPS) is 10.0. The summed E-state index contributed by atoms with van der Waals surface area (Å²) in [5.74, 6) is -0.519. The van der Waals surface area contributed by atoms with Crippen LogP contribution in [-0.4, -0.2) is 24.1 Å². The fourth-order valence-corrected chi connectivity index (χ4v) is 2.00. The number of carboxylic acid groups (broad SMARTS) is 1. The first-order chi connectivity index (χ1) is 10.0. The van der Waals surface area contributed by atoms with Gasteiger partial charge in [-0.25, -0.2) is 4.79 Å². The second-order valence-electron chi connectivity index (χ2n) is 4.48. The predicted molar refractivity (Wildman–Crippen MR) is 79.7 cm³/mol. The van der Waals surface area contributed by atoms with E-state index in [0.717, 1.165) is 11.1 Å². The zero-order chi connectivity index (χ0) is 15.4.